The summed E-state index contributed by atoms with van der Waals surface area (Å²) in [6.45, 7) is 0.340. The van der Waals surface area contributed by atoms with Crippen LogP contribution in [0.2, 0.25) is 0 Å². The van der Waals surface area contributed by atoms with E-state index in [0.29, 0.717) is 25.1 Å². The summed E-state index contributed by atoms with van der Waals surface area (Å²) in [5.41, 5.74) is 16.1. The molecule has 0 fully saturated rings. The summed E-state index contributed by atoms with van der Waals surface area (Å²) in [4.78, 5) is 71.5. The van der Waals surface area contributed by atoms with E-state index in [9.17, 15) is 33.9 Å². The van der Waals surface area contributed by atoms with Gasteiger partial charge >= 0.3 is 11.9 Å². The van der Waals surface area contributed by atoms with E-state index in [2.05, 4.69) is 16.0 Å². The molecule has 15 heteroatoms. The number of hydrogen-bond acceptors (Lipinski definition) is 9. The molecule has 11 N–H and O–H groups in total. The van der Waals surface area contributed by atoms with Gasteiger partial charge in [-0.2, -0.15) is 11.8 Å². The van der Waals surface area contributed by atoms with Gasteiger partial charge in [0.25, 0.3) is 0 Å². The molecule has 0 rings (SSSR count). The Bertz CT molecular complexity index is 753. The number of amides is 4. The van der Waals surface area contributed by atoms with Crippen LogP contribution in [0.4, 0.5) is 0 Å². The number of carbonyl (C=O) groups is 6. The number of unbranched alkanes of at least 4 members (excludes halogenated alkanes) is 1. The Hall–Kier alpha value is -2.91. The highest BCUT2D eigenvalue weighted by atomic mass is 32.2. The standard InChI is InChI=1S/C20H36N6O8S/c1-35-9-7-14(20(33)34)26-18(31)12(4-2-3-8-21)25-19(32)13(5-6-15(23)27)24-17(30)11(22)10-16(28)29/h11-14H,2-10,21-22H2,1H3,(H2,23,27)(H,24,30)(H,25,32)(H,26,31)(H,28,29)(H,33,34). The van der Waals surface area contributed by atoms with Gasteiger partial charge in [-0.05, 0) is 50.7 Å². The zero-order chi connectivity index (χ0) is 27.0. The number of thioether (sulfide) groups is 1. The van der Waals surface area contributed by atoms with Crippen LogP contribution < -0.4 is 33.2 Å². The fourth-order valence-corrected chi connectivity index (χ4v) is 3.39. The molecule has 4 unspecified atom stereocenters. The second-order valence-corrected chi connectivity index (χ2v) is 8.78. The molecule has 200 valence electrons. The van der Waals surface area contributed by atoms with Crippen molar-refractivity contribution in [3.05, 3.63) is 0 Å². The predicted molar refractivity (Wildman–Crippen MR) is 128 cm³/mol. The van der Waals surface area contributed by atoms with Crippen LogP contribution in [0.5, 0.6) is 0 Å². The number of nitrogens with one attached hydrogen (secondary N) is 3. The Morgan fingerprint density at radius 1 is 0.829 bits per heavy atom. The summed E-state index contributed by atoms with van der Waals surface area (Å²) in [7, 11) is 0. The van der Waals surface area contributed by atoms with Crippen LogP contribution in [-0.2, 0) is 28.8 Å². The first-order valence-corrected chi connectivity index (χ1v) is 12.4. The molecular formula is C20H36N6O8S. The zero-order valence-electron chi connectivity index (χ0n) is 19.7. The molecule has 0 aromatic heterocycles. The molecular weight excluding hydrogens is 484 g/mol. The van der Waals surface area contributed by atoms with Crippen molar-refractivity contribution in [2.45, 2.75) is 69.1 Å². The molecule has 0 aromatic rings. The maximum absolute atomic E-state index is 12.9. The minimum Gasteiger partial charge on any atom is -0.481 e. The fraction of sp³-hybridized carbons (Fsp3) is 0.700. The van der Waals surface area contributed by atoms with Crippen molar-refractivity contribution < 1.29 is 39.0 Å². The number of carboxylic acid groups (broad SMARTS) is 2. The van der Waals surface area contributed by atoms with Gasteiger partial charge in [0.05, 0.1) is 12.5 Å². The zero-order valence-corrected chi connectivity index (χ0v) is 20.5. The maximum Gasteiger partial charge on any atom is 0.326 e. The van der Waals surface area contributed by atoms with Crippen molar-refractivity contribution in [1.82, 2.24) is 16.0 Å². The van der Waals surface area contributed by atoms with E-state index in [4.69, 9.17) is 22.3 Å². The Balaban J connectivity index is 5.55. The van der Waals surface area contributed by atoms with Crippen LogP contribution in [0.15, 0.2) is 0 Å². The molecule has 35 heavy (non-hydrogen) atoms. The first kappa shape index (κ1) is 32.1. The van der Waals surface area contributed by atoms with Crippen molar-refractivity contribution in [2.24, 2.45) is 17.2 Å². The van der Waals surface area contributed by atoms with Crippen LogP contribution in [0.25, 0.3) is 0 Å². The monoisotopic (exact) mass is 520 g/mol. The van der Waals surface area contributed by atoms with Crippen molar-refractivity contribution in [3.8, 4) is 0 Å². The lowest BCUT2D eigenvalue weighted by atomic mass is 10.0. The lowest BCUT2D eigenvalue weighted by Crippen LogP contribution is -2.57. The number of hydrogen-bond donors (Lipinski definition) is 8. The summed E-state index contributed by atoms with van der Waals surface area (Å²) >= 11 is 1.41. The van der Waals surface area contributed by atoms with Crippen molar-refractivity contribution in [2.75, 3.05) is 18.6 Å². The normalized spacial score (nSPS) is 14.1. The van der Waals surface area contributed by atoms with Crippen molar-refractivity contribution in [1.29, 1.82) is 0 Å². The highest BCUT2D eigenvalue weighted by Crippen LogP contribution is 2.07. The van der Waals surface area contributed by atoms with E-state index in [-0.39, 0.29) is 25.7 Å². The Labute approximate surface area is 207 Å². The van der Waals surface area contributed by atoms with Gasteiger partial charge in [-0.1, -0.05) is 0 Å². The van der Waals surface area contributed by atoms with Gasteiger partial charge in [0.2, 0.25) is 23.6 Å². The number of primary amides is 1. The van der Waals surface area contributed by atoms with Crippen molar-refractivity contribution >= 4 is 47.3 Å². The number of carbonyl (C=O) groups excluding carboxylic acids is 4. The number of rotatable bonds is 19. The minimum atomic E-state index is -1.45. The lowest BCUT2D eigenvalue weighted by molar-refractivity contribution is -0.142. The summed E-state index contributed by atoms with van der Waals surface area (Å²) in [6, 6.07) is -5.10. The smallest absolute Gasteiger partial charge is 0.326 e. The van der Waals surface area contributed by atoms with Crippen LogP contribution in [-0.4, -0.2) is 88.5 Å². The number of aliphatic carboxylic acids is 2. The highest BCUT2D eigenvalue weighted by molar-refractivity contribution is 7.98. The average molecular weight is 521 g/mol. The van der Waals surface area contributed by atoms with Gasteiger partial charge < -0.3 is 43.4 Å². The third-order valence-electron chi connectivity index (χ3n) is 4.85. The van der Waals surface area contributed by atoms with E-state index in [1.165, 1.54) is 11.8 Å². The number of carboxylic acids is 2. The number of nitrogens with two attached hydrogens (primary N) is 3. The lowest BCUT2D eigenvalue weighted by Gasteiger charge is -2.25. The average Bonchev–Trinajstić information content (AvgIpc) is 2.77. The topological polar surface area (TPSA) is 257 Å². The van der Waals surface area contributed by atoms with E-state index >= 15 is 0 Å². The second-order valence-electron chi connectivity index (χ2n) is 7.80. The SMILES string of the molecule is CSCCC(NC(=O)C(CCCCN)NC(=O)C(CCC(N)=O)NC(=O)C(N)CC(=O)O)C(=O)O. The molecule has 0 aliphatic carbocycles. The quantitative estimate of drug-likeness (QED) is 0.0824. The molecule has 0 saturated carbocycles. The van der Waals surface area contributed by atoms with E-state index in [1.807, 2.05) is 0 Å². The molecule has 0 aliphatic heterocycles. The third-order valence-corrected chi connectivity index (χ3v) is 5.49. The molecule has 0 bridgehead atoms. The summed E-state index contributed by atoms with van der Waals surface area (Å²) < 4.78 is 0. The first-order chi connectivity index (χ1) is 16.4. The van der Waals surface area contributed by atoms with Crippen LogP contribution >= 0.6 is 11.8 Å². The van der Waals surface area contributed by atoms with Crippen LogP contribution in [0.3, 0.4) is 0 Å². The summed E-state index contributed by atoms with van der Waals surface area (Å²) in [6.07, 6.45) is 1.89. The van der Waals surface area contributed by atoms with Gasteiger partial charge in [0, 0.05) is 6.42 Å². The molecule has 0 spiro atoms. The summed E-state index contributed by atoms with van der Waals surface area (Å²) in [5.74, 6) is -5.32. The third kappa shape index (κ3) is 14.2. The molecule has 4 amide bonds. The van der Waals surface area contributed by atoms with Crippen LogP contribution in [0, 0.1) is 0 Å². The van der Waals surface area contributed by atoms with Gasteiger partial charge in [-0.25, -0.2) is 4.79 Å². The Kier molecular flexibility index (Phi) is 16.1. The minimum absolute atomic E-state index is 0.138. The van der Waals surface area contributed by atoms with E-state index < -0.39 is 66.2 Å². The van der Waals surface area contributed by atoms with Crippen LogP contribution in [0.1, 0.15) is 44.9 Å². The van der Waals surface area contributed by atoms with Crippen molar-refractivity contribution in [3.63, 3.8) is 0 Å². The first-order valence-electron chi connectivity index (χ1n) is 11.0. The summed E-state index contributed by atoms with van der Waals surface area (Å²) in [5, 5.41) is 25.3. The van der Waals surface area contributed by atoms with Gasteiger partial charge in [-0.3, -0.25) is 24.0 Å². The molecule has 0 heterocycles. The second kappa shape index (κ2) is 17.5. The molecule has 4 atom stereocenters. The molecule has 0 aliphatic rings. The molecule has 0 radical (unpaired) electrons. The van der Waals surface area contributed by atoms with E-state index in [1.54, 1.807) is 6.26 Å². The van der Waals surface area contributed by atoms with Gasteiger partial charge in [0.15, 0.2) is 0 Å². The Morgan fingerprint density at radius 3 is 1.86 bits per heavy atom. The predicted octanol–water partition coefficient (Wildman–Crippen LogP) is -2.52. The fourth-order valence-electron chi connectivity index (χ4n) is 2.91. The molecule has 14 nitrogen and oxygen atoms in total. The van der Waals surface area contributed by atoms with E-state index in [0.717, 1.165) is 0 Å². The highest BCUT2D eigenvalue weighted by Gasteiger charge is 2.30. The maximum atomic E-state index is 12.9. The largest absolute Gasteiger partial charge is 0.481 e. The van der Waals surface area contributed by atoms with Gasteiger partial charge in [-0.15, -0.1) is 0 Å². The Morgan fingerprint density at radius 2 is 1.37 bits per heavy atom. The molecule has 0 saturated heterocycles. The van der Waals surface area contributed by atoms with Gasteiger partial charge in [0.1, 0.15) is 18.1 Å². The molecule has 0 aromatic carbocycles.